The first-order valence-corrected chi connectivity index (χ1v) is 27.9. The Kier molecular flexibility index (Phi) is 14.9. The number of anilines is 1. The number of fused-ring (bicyclic) bond motifs is 8. The van der Waals surface area contributed by atoms with Crippen molar-refractivity contribution < 1.29 is 14.3 Å². The number of ketones is 1. The van der Waals surface area contributed by atoms with Crippen molar-refractivity contribution in [2.24, 2.45) is 4.99 Å². The van der Waals surface area contributed by atoms with Gasteiger partial charge in [0.1, 0.15) is 5.75 Å². The summed E-state index contributed by atoms with van der Waals surface area (Å²) < 4.78 is 5.65. The molecule has 0 atom stereocenters. The minimum Gasteiger partial charge on any atom is -0.494 e. The van der Waals surface area contributed by atoms with Crippen LogP contribution in [0.4, 0.5) is 5.69 Å². The number of aromatic amines is 4. The van der Waals surface area contributed by atoms with Crippen molar-refractivity contribution in [1.82, 2.24) is 29.9 Å². The Morgan fingerprint density at radius 3 is 1.46 bits per heavy atom. The zero-order valence-electron chi connectivity index (χ0n) is 45.7. The van der Waals surface area contributed by atoms with E-state index in [4.69, 9.17) is 19.7 Å². The summed E-state index contributed by atoms with van der Waals surface area (Å²) in [5.41, 5.74) is 21.6. The molecule has 5 aromatic heterocycles. The van der Waals surface area contributed by atoms with Gasteiger partial charge in [-0.15, -0.1) is 0 Å². The van der Waals surface area contributed by atoms with Crippen LogP contribution in [0.3, 0.4) is 0 Å². The molecule has 0 unspecified atom stereocenters. The number of Topliss-reactive ketones (excluding diaryl/α,β-unsaturated/α-hetero) is 1. The first-order chi connectivity index (χ1) is 39.8. The van der Waals surface area contributed by atoms with Crippen LogP contribution in [-0.2, 0) is 9.59 Å². The Hall–Kier alpha value is -9.87. The normalized spacial score (nSPS) is 13.3. The molecule has 81 heavy (non-hydrogen) atoms. The standard InChI is InChI=1S/C70H62N8O3/c1-44-60(42-62-64(81-3)43-61(78-62)51-26-19-41-71-51)72-45(2)66(44)63(79)27-17-6-4-5-7-18-28-65(80)73-50-31-29-49(30-32-50)70-58-39-37-56(76-58)68(47-22-13-9-14-23-47)54-35-33-52(74-54)67(46-20-11-8-12-21-46)53-34-36-55(75-53)69(48-24-15-10-16-25-48)57-38-40-59(70)77-57/h8-16,19-26,29-43,71,74,77-78H,4-7,17-18,27-28H2,1-3H3,(H,73,80)/b60-42-,67-52?,67-53?,68-54?,68-56?,69-55?,69-57?,70-58?,70-59?. The highest BCUT2D eigenvalue weighted by molar-refractivity contribution is 6.24. The molecular weight excluding hydrogens is 1000 g/mol. The average molecular weight is 1060 g/mol. The summed E-state index contributed by atoms with van der Waals surface area (Å²) in [6.07, 6.45) is 18.7. The minimum absolute atomic E-state index is 0.0124. The van der Waals surface area contributed by atoms with E-state index in [9.17, 15) is 9.59 Å². The van der Waals surface area contributed by atoms with Crippen LogP contribution in [0, 0.1) is 0 Å². The Morgan fingerprint density at radius 1 is 0.519 bits per heavy atom. The van der Waals surface area contributed by atoms with E-state index in [2.05, 4.69) is 159 Å². The fourth-order valence-corrected chi connectivity index (χ4v) is 11.4. The fraction of sp³-hybridized carbons (Fsp3) is 0.157. The third kappa shape index (κ3) is 11.0. The average Bonchev–Trinajstić information content (AvgIpc) is 4.46. The fourth-order valence-electron chi connectivity index (χ4n) is 11.4. The summed E-state index contributed by atoms with van der Waals surface area (Å²) in [6, 6.07) is 53.8. The highest BCUT2D eigenvalue weighted by Gasteiger charge is 2.25. The van der Waals surface area contributed by atoms with Crippen LogP contribution < -0.4 is 10.1 Å². The van der Waals surface area contributed by atoms with Crippen LogP contribution in [0.2, 0.25) is 0 Å². The lowest BCUT2D eigenvalue weighted by Crippen LogP contribution is -2.10. The van der Waals surface area contributed by atoms with Gasteiger partial charge in [0.15, 0.2) is 5.78 Å². The van der Waals surface area contributed by atoms with Gasteiger partial charge in [0, 0.05) is 86.4 Å². The lowest BCUT2D eigenvalue weighted by molar-refractivity contribution is -0.116. The molecule has 5 N–H and O–H groups in total. The number of hydrogen-bond acceptors (Lipinski definition) is 6. The Bertz CT molecular complexity index is 4120. The monoisotopic (exact) mass is 1060 g/mol. The van der Waals surface area contributed by atoms with Crippen LogP contribution in [0.15, 0.2) is 186 Å². The van der Waals surface area contributed by atoms with Gasteiger partial charge in [0.05, 0.1) is 52.7 Å². The molecule has 0 saturated carbocycles. The van der Waals surface area contributed by atoms with Gasteiger partial charge in [-0.2, -0.15) is 0 Å². The second kappa shape index (κ2) is 23.2. The molecule has 8 heterocycles. The smallest absolute Gasteiger partial charge is 0.224 e. The van der Waals surface area contributed by atoms with Crippen LogP contribution in [0.25, 0.3) is 108 Å². The number of allylic oxidation sites excluding steroid dienone is 2. The van der Waals surface area contributed by atoms with Crippen LogP contribution in [0.1, 0.15) is 93.7 Å². The number of nitrogens with one attached hydrogen (secondary N) is 5. The van der Waals surface area contributed by atoms with Crippen molar-refractivity contribution in [2.75, 3.05) is 12.4 Å². The molecule has 0 saturated heterocycles. The van der Waals surface area contributed by atoms with E-state index in [-0.39, 0.29) is 11.7 Å². The molecule has 3 aliphatic rings. The van der Waals surface area contributed by atoms with Gasteiger partial charge in [0.25, 0.3) is 0 Å². The van der Waals surface area contributed by atoms with Crippen molar-refractivity contribution in [1.29, 1.82) is 0 Å². The molecule has 0 fully saturated rings. The SMILES string of the molecule is COc1cc(-c2ccc[nH]2)[nH]c1/C=C1\N=C(C)C(C(=O)CCCCCCCCC(=O)Nc2ccc(-c3c4nc(c(-c5ccccc5)c5ccc([nH]5)c(-c5ccccc5)c5nc(c(-c6ccccc6)c6ccc3[nH]6)C=C5)C=C4)cc2)=C1C. The van der Waals surface area contributed by atoms with Crippen LogP contribution in [0.5, 0.6) is 5.75 Å². The van der Waals surface area contributed by atoms with Gasteiger partial charge >= 0.3 is 0 Å². The number of unbranched alkanes of at least 4 members (excludes halogenated alkanes) is 5. The summed E-state index contributed by atoms with van der Waals surface area (Å²) in [7, 11) is 1.65. The number of ether oxygens (including phenoxy) is 1. The summed E-state index contributed by atoms with van der Waals surface area (Å²) >= 11 is 0. The number of nitrogens with zero attached hydrogens (tertiary/aromatic N) is 3. The Labute approximate surface area is 471 Å². The van der Waals surface area contributed by atoms with E-state index in [1.54, 1.807) is 7.11 Å². The van der Waals surface area contributed by atoms with E-state index >= 15 is 0 Å². The largest absolute Gasteiger partial charge is 0.494 e. The molecular formula is C70H62N8O3. The molecule has 3 aliphatic heterocycles. The number of aliphatic imine (C=N–C) groups is 1. The first-order valence-electron chi connectivity index (χ1n) is 27.9. The molecule has 12 rings (SSSR count). The maximum Gasteiger partial charge on any atom is 0.224 e. The van der Waals surface area contributed by atoms with Gasteiger partial charge in [-0.3, -0.25) is 14.6 Å². The number of carbonyl (C=O) groups is 2. The zero-order chi connectivity index (χ0) is 55.2. The van der Waals surface area contributed by atoms with E-state index in [0.717, 1.165) is 168 Å². The number of methoxy groups -OCH3 is 1. The third-order valence-corrected chi connectivity index (χ3v) is 15.3. The number of benzene rings is 4. The highest BCUT2D eigenvalue weighted by Crippen LogP contribution is 2.39. The lowest BCUT2D eigenvalue weighted by atomic mass is 9.97. The van der Waals surface area contributed by atoms with Crippen molar-refractivity contribution in [3.63, 3.8) is 0 Å². The molecule has 9 aromatic rings. The second-order valence-corrected chi connectivity index (χ2v) is 20.7. The minimum atomic E-state index is -0.0124. The van der Waals surface area contributed by atoms with Gasteiger partial charge in [-0.05, 0) is 133 Å². The molecule has 11 nitrogen and oxygen atoms in total. The number of aromatic nitrogens is 6. The lowest BCUT2D eigenvalue weighted by Gasteiger charge is -2.09. The third-order valence-electron chi connectivity index (χ3n) is 15.3. The van der Waals surface area contributed by atoms with E-state index in [0.29, 0.717) is 24.2 Å². The maximum absolute atomic E-state index is 13.5. The van der Waals surface area contributed by atoms with Gasteiger partial charge in [0.2, 0.25) is 5.91 Å². The second-order valence-electron chi connectivity index (χ2n) is 20.7. The molecule has 400 valence electrons. The number of hydrogen-bond donors (Lipinski definition) is 5. The summed E-state index contributed by atoms with van der Waals surface area (Å²) in [6.45, 7) is 3.88. The Morgan fingerprint density at radius 2 is 0.988 bits per heavy atom. The number of H-pyrrole nitrogens is 4. The molecule has 8 bridgehead atoms. The highest BCUT2D eigenvalue weighted by atomic mass is 16.5. The predicted molar refractivity (Wildman–Crippen MR) is 332 cm³/mol. The van der Waals surface area contributed by atoms with Crippen molar-refractivity contribution in [3.8, 4) is 61.6 Å². The molecule has 4 aromatic carbocycles. The van der Waals surface area contributed by atoms with Crippen LogP contribution >= 0.6 is 0 Å². The maximum atomic E-state index is 13.5. The predicted octanol–water partition coefficient (Wildman–Crippen LogP) is 17.1. The zero-order valence-corrected chi connectivity index (χ0v) is 45.7. The quantitative estimate of drug-likeness (QED) is 0.0541. The number of amides is 1. The topological polar surface area (TPSA) is 157 Å². The molecule has 1 amide bonds. The van der Waals surface area contributed by atoms with E-state index in [1.807, 2.05) is 74.7 Å². The van der Waals surface area contributed by atoms with Crippen molar-refractivity contribution in [2.45, 2.75) is 65.2 Å². The first kappa shape index (κ1) is 51.9. The number of carbonyl (C=O) groups excluding carboxylic acids is 2. The van der Waals surface area contributed by atoms with E-state index < -0.39 is 0 Å². The van der Waals surface area contributed by atoms with Crippen molar-refractivity contribution >= 4 is 75.5 Å². The van der Waals surface area contributed by atoms with Gasteiger partial charge in [-0.1, -0.05) is 129 Å². The molecule has 0 spiro atoms. The van der Waals surface area contributed by atoms with Gasteiger partial charge < -0.3 is 30.0 Å². The number of rotatable bonds is 18. The Balaban J connectivity index is 0.745. The molecule has 0 aliphatic carbocycles. The van der Waals surface area contributed by atoms with Gasteiger partial charge in [-0.25, -0.2) is 9.97 Å². The summed E-state index contributed by atoms with van der Waals surface area (Å²) in [5.74, 6) is 0.827. The molecule has 11 heteroatoms. The summed E-state index contributed by atoms with van der Waals surface area (Å²) in [5, 5.41) is 3.15. The molecule has 0 radical (unpaired) electrons. The van der Waals surface area contributed by atoms with E-state index in [1.165, 1.54) is 0 Å². The van der Waals surface area contributed by atoms with Crippen LogP contribution in [-0.4, -0.2) is 54.4 Å². The van der Waals surface area contributed by atoms with Crippen molar-refractivity contribution in [3.05, 3.63) is 209 Å². The summed E-state index contributed by atoms with van der Waals surface area (Å²) in [4.78, 5) is 56.7.